The number of hydrogen-bond acceptors (Lipinski definition) is 7. The molecule has 0 saturated heterocycles. The number of carbonyl (C=O) groups excluding carboxylic acids is 2. The number of methoxy groups -OCH3 is 3. The fourth-order valence-electron chi connectivity index (χ4n) is 4.35. The summed E-state index contributed by atoms with van der Waals surface area (Å²) in [5, 5.41) is 12.9. The Balaban J connectivity index is 1.78. The number of esters is 1. The summed E-state index contributed by atoms with van der Waals surface area (Å²) < 4.78 is 15.6. The first-order valence-electron chi connectivity index (χ1n) is 11.4. The van der Waals surface area contributed by atoms with E-state index in [0.717, 1.165) is 16.7 Å². The maximum absolute atomic E-state index is 13.4. The molecular formula is C26H32N2O7. The smallest absolute Gasteiger partial charge is 0.326 e. The number of hydrogen-bond donors (Lipinski definition) is 2. The normalized spacial score (nSPS) is 16.6. The van der Waals surface area contributed by atoms with Crippen LogP contribution in [0.2, 0.25) is 0 Å². The van der Waals surface area contributed by atoms with Gasteiger partial charge in [0, 0.05) is 13.0 Å². The summed E-state index contributed by atoms with van der Waals surface area (Å²) in [6, 6.07) is 10.7. The van der Waals surface area contributed by atoms with E-state index in [1.54, 1.807) is 19.1 Å². The first-order valence-corrected chi connectivity index (χ1v) is 11.4. The molecule has 3 atom stereocenters. The summed E-state index contributed by atoms with van der Waals surface area (Å²) in [5.74, 6) is -0.975. The van der Waals surface area contributed by atoms with E-state index in [0.29, 0.717) is 24.3 Å². The molecule has 0 bridgehead atoms. The van der Waals surface area contributed by atoms with Crippen LogP contribution in [0, 0.1) is 0 Å². The average molecular weight is 485 g/mol. The van der Waals surface area contributed by atoms with Crippen LogP contribution in [0.1, 0.15) is 30.0 Å². The van der Waals surface area contributed by atoms with Crippen molar-refractivity contribution in [2.75, 3.05) is 21.3 Å². The number of benzene rings is 2. The molecule has 1 amide bonds. The second-order valence-corrected chi connectivity index (χ2v) is 8.49. The van der Waals surface area contributed by atoms with Crippen LogP contribution in [0.5, 0.6) is 11.5 Å². The number of ether oxygens (including phenoxy) is 3. The molecule has 2 N–H and O–H groups in total. The molecular weight excluding hydrogens is 452 g/mol. The van der Waals surface area contributed by atoms with Crippen molar-refractivity contribution in [1.82, 2.24) is 10.2 Å². The van der Waals surface area contributed by atoms with E-state index < -0.39 is 36.0 Å². The van der Waals surface area contributed by atoms with E-state index in [1.807, 2.05) is 30.3 Å². The molecule has 0 fully saturated rings. The van der Waals surface area contributed by atoms with Gasteiger partial charge in [0.05, 0.1) is 27.4 Å². The van der Waals surface area contributed by atoms with Crippen LogP contribution in [0.4, 0.5) is 0 Å². The van der Waals surface area contributed by atoms with Gasteiger partial charge < -0.3 is 24.2 Å². The molecule has 3 rings (SSSR count). The highest BCUT2D eigenvalue weighted by Gasteiger charge is 2.38. The predicted molar refractivity (Wildman–Crippen MR) is 128 cm³/mol. The van der Waals surface area contributed by atoms with Crippen LogP contribution in [-0.4, -0.2) is 67.3 Å². The molecule has 0 aliphatic carbocycles. The quantitative estimate of drug-likeness (QED) is 0.494. The molecule has 1 aliphatic heterocycles. The molecule has 0 saturated carbocycles. The second-order valence-electron chi connectivity index (χ2n) is 8.49. The van der Waals surface area contributed by atoms with Crippen LogP contribution < -0.4 is 14.8 Å². The minimum Gasteiger partial charge on any atom is -0.493 e. The molecule has 2 aromatic carbocycles. The van der Waals surface area contributed by atoms with Crippen LogP contribution in [0.25, 0.3) is 0 Å². The van der Waals surface area contributed by atoms with E-state index in [2.05, 4.69) is 5.32 Å². The number of amides is 1. The van der Waals surface area contributed by atoms with E-state index in [1.165, 1.54) is 26.2 Å². The van der Waals surface area contributed by atoms with E-state index in [-0.39, 0.29) is 13.0 Å². The number of nitrogens with zero attached hydrogens (tertiary/aromatic N) is 1. The van der Waals surface area contributed by atoms with Crippen molar-refractivity contribution >= 4 is 17.8 Å². The molecule has 0 aromatic heterocycles. The lowest BCUT2D eigenvalue weighted by Crippen LogP contribution is -2.56. The Hall–Kier alpha value is -3.59. The van der Waals surface area contributed by atoms with Crippen LogP contribution in [-0.2, 0) is 38.5 Å². The summed E-state index contributed by atoms with van der Waals surface area (Å²) in [6.07, 6.45) is 1.18. The number of nitrogens with one attached hydrogen (secondary N) is 1. The van der Waals surface area contributed by atoms with Crippen molar-refractivity contribution in [1.29, 1.82) is 0 Å². The zero-order valence-electron chi connectivity index (χ0n) is 20.4. The maximum Gasteiger partial charge on any atom is 0.326 e. The Bertz CT molecular complexity index is 1060. The summed E-state index contributed by atoms with van der Waals surface area (Å²) >= 11 is 0. The van der Waals surface area contributed by atoms with E-state index in [4.69, 9.17) is 14.2 Å². The number of carboxylic acids is 1. The van der Waals surface area contributed by atoms with Crippen molar-refractivity contribution < 1.29 is 33.7 Å². The second kappa shape index (κ2) is 11.7. The van der Waals surface area contributed by atoms with E-state index in [9.17, 15) is 19.5 Å². The van der Waals surface area contributed by atoms with Gasteiger partial charge in [-0.05, 0) is 48.6 Å². The van der Waals surface area contributed by atoms with Gasteiger partial charge in [0.1, 0.15) is 12.1 Å². The summed E-state index contributed by atoms with van der Waals surface area (Å²) in [6.45, 7) is 1.73. The number of aliphatic carboxylic acids is 1. The van der Waals surface area contributed by atoms with Crippen molar-refractivity contribution in [2.45, 2.75) is 50.9 Å². The minimum absolute atomic E-state index is 0.102. The Morgan fingerprint density at radius 2 is 1.69 bits per heavy atom. The first-order chi connectivity index (χ1) is 16.8. The lowest BCUT2D eigenvalue weighted by atomic mass is 9.92. The lowest BCUT2D eigenvalue weighted by Gasteiger charge is -2.37. The van der Waals surface area contributed by atoms with Gasteiger partial charge in [0.25, 0.3) is 0 Å². The topological polar surface area (TPSA) is 114 Å². The summed E-state index contributed by atoms with van der Waals surface area (Å²) in [5.41, 5.74) is 2.63. The zero-order chi connectivity index (χ0) is 25.5. The van der Waals surface area contributed by atoms with Gasteiger partial charge >= 0.3 is 11.9 Å². The highest BCUT2D eigenvalue weighted by atomic mass is 16.5. The Morgan fingerprint density at radius 1 is 1.06 bits per heavy atom. The average Bonchev–Trinajstić information content (AvgIpc) is 2.88. The largest absolute Gasteiger partial charge is 0.493 e. The van der Waals surface area contributed by atoms with Gasteiger partial charge in [0.15, 0.2) is 11.5 Å². The molecule has 1 heterocycles. The van der Waals surface area contributed by atoms with Crippen LogP contribution >= 0.6 is 0 Å². The number of carboxylic acid groups (broad SMARTS) is 1. The molecule has 188 valence electrons. The fourth-order valence-corrected chi connectivity index (χ4v) is 4.35. The minimum atomic E-state index is -1.10. The van der Waals surface area contributed by atoms with Gasteiger partial charge in [-0.2, -0.15) is 0 Å². The monoisotopic (exact) mass is 484 g/mol. The number of rotatable bonds is 10. The summed E-state index contributed by atoms with van der Waals surface area (Å²) in [4.78, 5) is 39.2. The molecule has 9 heteroatoms. The Kier molecular flexibility index (Phi) is 8.70. The third-order valence-electron chi connectivity index (χ3n) is 6.28. The molecule has 3 unspecified atom stereocenters. The standard InChI is InChI=1S/C26H32N2O7/c1-16(27-20(26(32)35-4)11-10-17-8-6-5-7-9-17)24(29)28-15-19-14-23(34-3)22(33-2)13-18(19)12-21(28)25(30)31/h5-9,13-14,16,20-21,27H,10-12,15H2,1-4H3,(H,30,31). The highest BCUT2D eigenvalue weighted by Crippen LogP contribution is 2.35. The van der Waals surface area contributed by atoms with Gasteiger partial charge in [-0.15, -0.1) is 0 Å². The molecule has 2 aromatic rings. The zero-order valence-corrected chi connectivity index (χ0v) is 20.4. The van der Waals surface area contributed by atoms with Gasteiger partial charge in [0.2, 0.25) is 5.91 Å². The number of aryl methyl sites for hydroxylation is 1. The maximum atomic E-state index is 13.4. The van der Waals surface area contributed by atoms with Gasteiger partial charge in [-0.25, -0.2) is 4.79 Å². The molecule has 0 radical (unpaired) electrons. The van der Waals surface area contributed by atoms with Gasteiger partial charge in [-0.3, -0.25) is 14.9 Å². The van der Waals surface area contributed by atoms with Crippen molar-refractivity contribution in [3.05, 3.63) is 59.2 Å². The number of carbonyl (C=O) groups is 3. The van der Waals surface area contributed by atoms with Crippen molar-refractivity contribution in [3.8, 4) is 11.5 Å². The molecule has 0 spiro atoms. The molecule has 9 nitrogen and oxygen atoms in total. The van der Waals surface area contributed by atoms with Crippen molar-refractivity contribution in [3.63, 3.8) is 0 Å². The Morgan fingerprint density at radius 3 is 2.26 bits per heavy atom. The SMILES string of the molecule is COC(=O)C(CCc1ccccc1)NC(C)C(=O)N1Cc2cc(OC)c(OC)cc2CC1C(=O)O. The highest BCUT2D eigenvalue weighted by molar-refractivity contribution is 5.88. The fraction of sp³-hybridized carbons (Fsp3) is 0.423. The third kappa shape index (κ3) is 6.10. The Labute approximate surface area is 205 Å². The molecule has 35 heavy (non-hydrogen) atoms. The predicted octanol–water partition coefficient (Wildman–Crippen LogP) is 2.19. The number of fused-ring (bicyclic) bond motifs is 1. The summed E-state index contributed by atoms with van der Waals surface area (Å²) in [7, 11) is 4.33. The molecule has 1 aliphatic rings. The van der Waals surface area contributed by atoms with Crippen molar-refractivity contribution in [2.24, 2.45) is 0 Å². The van der Waals surface area contributed by atoms with Crippen LogP contribution in [0.15, 0.2) is 42.5 Å². The van der Waals surface area contributed by atoms with Crippen LogP contribution in [0.3, 0.4) is 0 Å². The third-order valence-corrected chi connectivity index (χ3v) is 6.28. The van der Waals surface area contributed by atoms with E-state index >= 15 is 0 Å². The first kappa shape index (κ1) is 26.0. The lowest BCUT2D eigenvalue weighted by molar-refractivity contribution is -0.153. The van der Waals surface area contributed by atoms with Gasteiger partial charge in [-0.1, -0.05) is 30.3 Å².